The van der Waals surface area contributed by atoms with Crippen molar-refractivity contribution in [2.24, 2.45) is 0 Å². The second-order valence-electron chi connectivity index (χ2n) is 8.44. The van der Waals surface area contributed by atoms with Gasteiger partial charge in [-0.2, -0.15) is 0 Å². The van der Waals surface area contributed by atoms with Crippen molar-refractivity contribution < 1.29 is 28.2 Å². The van der Waals surface area contributed by atoms with Gasteiger partial charge in [-0.05, 0) is 39.0 Å². The Morgan fingerprint density at radius 2 is 1.78 bits per heavy atom. The Hall–Kier alpha value is -4.72. The molecule has 0 spiro atoms. The molecule has 1 atom stereocenters. The Labute approximate surface area is 238 Å². The number of ether oxygens (including phenoxy) is 2. The third kappa shape index (κ3) is 7.08. The Morgan fingerprint density at radius 1 is 1.02 bits per heavy atom. The minimum absolute atomic E-state index is 0.0321. The molecule has 0 fully saturated rings. The maximum absolute atomic E-state index is 15.9. The fourth-order valence-corrected chi connectivity index (χ4v) is 4.83. The predicted molar refractivity (Wildman–Crippen MR) is 152 cm³/mol. The highest BCUT2D eigenvalue weighted by Crippen LogP contribution is 2.40. The molecule has 214 valence electrons. The van der Waals surface area contributed by atoms with E-state index >= 15 is 4.39 Å². The molecule has 0 radical (unpaired) electrons. The van der Waals surface area contributed by atoms with E-state index in [2.05, 4.69) is 35.9 Å². The minimum Gasteiger partial charge on any atom is -0.466 e. The summed E-state index contributed by atoms with van der Waals surface area (Å²) < 4.78 is 26.4. The number of aromatic nitrogens is 4. The fourth-order valence-electron chi connectivity index (χ4n) is 3.85. The lowest BCUT2D eigenvalue weighted by molar-refractivity contribution is -0.150. The first kappa shape index (κ1) is 29.3. The van der Waals surface area contributed by atoms with E-state index in [1.807, 2.05) is 6.07 Å². The molecule has 1 aromatic carbocycles. The smallest absolute Gasteiger partial charge is 0.329 e. The van der Waals surface area contributed by atoms with Crippen LogP contribution >= 0.6 is 11.3 Å². The normalized spacial score (nSPS) is 11.5. The van der Waals surface area contributed by atoms with E-state index in [-0.39, 0.29) is 41.8 Å². The lowest BCUT2D eigenvalue weighted by Gasteiger charge is -2.16. The number of carbonyl (C=O) groups is 3. The van der Waals surface area contributed by atoms with Crippen molar-refractivity contribution >= 4 is 50.6 Å². The first-order chi connectivity index (χ1) is 19.8. The largest absolute Gasteiger partial charge is 0.466 e. The van der Waals surface area contributed by atoms with E-state index < -0.39 is 29.8 Å². The number of anilines is 2. The molecule has 2 amide bonds. The van der Waals surface area contributed by atoms with E-state index in [0.29, 0.717) is 28.1 Å². The summed E-state index contributed by atoms with van der Waals surface area (Å²) in [5, 5.41) is 8.26. The molecule has 0 saturated carbocycles. The number of amides is 2. The quantitative estimate of drug-likeness (QED) is 0.217. The first-order valence-electron chi connectivity index (χ1n) is 12.8. The van der Waals surface area contributed by atoms with Gasteiger partial charge in [0.05, 0.1) is 30.0 Å². The monoisotopic (exact) mass is 581 g/mol. The summed E-state index contributed by atoms with van der Waals surface area (Å²) in [6.07, 6.45) is 4.11. The third-order valence-electron chi connectivity index (χ3n) is 5.62. The van der Waals surface area contributed by atoms with Gasteiger partial charge >= 0.3 is 18.0 Å². The standard InChI is InChI=1S/C27H28FN7O5S/c1-4-29-26(38)35-27-34-22-21(28)16(11-17(23(22)41-27)18-9-7-8-10-30-18)15-13-31-25(32-14-15)33-19(24(37)40-6-3)12-20(36)39-5-2/h7-11,13-14,19H,4-6,12H2,1-3H3,(H,31,32,33)(H2,29,34,35,38)/t19-/m0/s1. The third-order valence-corrected chi connectivity index (χ3v) is 6.62. The van der Waals surface area contributed by atoms with Gasteiger partial charge in [0.25, 0.3) is 0 Å². The van der Waals surface area contributed by atoms with Gasteiger partial charge in [0, 0.05) is 41.8 Å². The average Bonchev–Trinajstić information content (AvgIpc) is 3.38. The van der Waals surface area contributed by atoms with Gasteiger partial charge in [-0.1, -0.05) is 17.4 Å². The van der Waals surface area contributed by atoms with Crippen molar-refractivity contribution in [1.82, 2.24) is 25.3 Å². The van der Waals surface area contributed by atoms with Crippen molar-refractivity contribution in [3.63, 3.8) is 0 Å². The van der Waals surface area contributed by atoms with Crippen LogP contribution in [-0.2, 0) is 19.1 Å². The van der Waals surface area contributed by atoms with Crippen LogP contribution in [0.25, 0.3) is 32.6 Å². The average molecular weight is 582 g/mol. The molecule has 0 aliphatic carbocycles. The summed E-state index contributed by atoms with van der Waals surface area (Å²) in [5.41, 5.74) is 1.74. The molecule has 4 aromatic rings. The minimum atomic E-state index is -1.07. The van der Waals surface area contributed by atoms with Gasteiger partial charge in [-0.25, -0.2) is 28.9 Å². The number of halogens is 1. The number of esters is 2. The summed E-state index contributed by atoms with van der Waals surface area (Å²) in [4.78, 5) is 53.6. The Kier molecular flexibility index (Phi) is 9.68. The zero-order valence-electron chi connectivity index (χ0n) is 22.6. The maximum atomic E-state index is 15.9. The van der Waals surface area contributed by atoms with E-state index in [4.69, 9.17) is 9.47 Å². The highest BCUT2D eigenvalue weighted by molar-refractivity contribution is 7.22. The van der Waals surface area contributed by atoms with E-state index in [1.54, 1.807) is 45.2 Å². The molecular formula is C27H28FN7O5S. The van der Waals surface area contributed by atoms with Gasteiger partial charge in [0.2, 0.25) is 5.95 Å². The van der Waals surface area contributed by atoms with E-state index in [1.165, 1.54) is 12.4 Å². The van der Waals surface area contributed by atoms with Gasteiger partial charge in [-0.15, -0.1) is 0 Å². The fraction of sp³-hybridized carbons (Fsp3) is 0.296. The van der Waals surface area contributed by atoms with Crippen LogP contribution in [0, 0.1) is 5.82 Å². The Morgan fingerprint density at radius 3 is 2.44 bits per heavy atom. The number of hydrogen-bond acceptors (Lipinski definition) is 11. The van der Waals surface area contributed by atoms with Crippen LogP contribution in [-0.4, -0.2) is 63.7 Å². The molecule has 0 aliphatic heterocycles. The van der Waals surface area contributed by atoms with Crippen molar-refractivity contribution in [3.05, 3.63) is 48.7 Å². The lowest BCUT2D eigenvalue weighted by atomic mass is 10.0. The van der Waals surface area contributed by atoms with Crippen molar-refractivity contribution in [1.29, 1.82) is 0 Å². The number of rotatable bonds is 11. The summed E-state index contributed by atoms with van der Waals surface area (Å²) in [7, 11) is 0. The van der Waals surface area contributed by atoms with E-state index in [0.717, 1.165) is 11.3 Å². The molecule has 0 saturated heterocycles. The van der Waals surface area contributed by atoms with E-state index in [9.17, 15) is 14.4 Å². The molecule has 3 heterocycles. The second kappa shape index (κ2) is 13.6. The summed E-state index contributed by atoms with van der Waals surface area (Å²) >= 11 is 1.13. The van der Waals surface area contributed by atoms with Crippen LogP contribution in [0.2, 0.25) is 0 Å². The number of urea groups is 1. The zero-order chi connectivity index (χ0) is 29.4. The topological polar surface area (TPSA) is 157 Å². The number of fused-ring (bicyclic) bond motifs is 1. The molecule has 3 aromatic heterocycles. The maximum Gasteiger partial charge on any atom is 0.329 e. The Balaban J connectivity index is 1.69. The Bertz CT molecular complexity index is 1530. The van der Waals surface area contributed by atoms with Crippen molar-refractivity contribution in [2.75, 3.05) is 30.4 Å². The second-order valence-corrected chi connectivity index (χ2v) is 9.43. The van der Waals surface area contributed by atoms with Gasteiger partial charge in [0.1, 0.15) is 11.6 Å². The van der Waals surface area contributed by atoms with Crippen LogP contribution in [0.3, 0.4) is 0 Å². The number of nitrogens with zero attached hydrogens (tertiary/aromatic N) is 4. The van der Waals surface area contributed by atoms with Crippen molar-refractivity contribution in [2.45, 2.75) is 33.2 Å². The highest BCUT2D eigenvalue weighted by Gasteiger charge is 2.25. The van der Waals surface area contributed by atoms with Crippen LogP contribution in [0.1, 0.15) is 27.2 Å². The molecule has 3 N–H and O–H groups in total. The van der Waals surface area contributed by atoms with Crippen LogP contribution in [0.15, 0.2) is 42.9 Å². The molecule has 14 heteroatoms. The molecule has 0 bridgehead atoms. The predicted octanol–water partition coefficient (Wildman–Crippen LogP) is 4.39. The lowest BCUT2D eigenvalue weighted by Crippen LogP contribution is -2.35. The molecule has 4 rings (SSSR count). The van der Waals surface area contributed by atoms with Gasteiger partial charge in [-0.3, -0.25) is 15.1 Å². The number of nitrogens with one attached hydrogen (secondary N) is 3. The molecule has 41 heavy (non-hydrogen) atoms. The molecular weight excluding hydrogens is 553 g/mol. The van der Waals surface area contributed by atoms with Crippen LogP contribution < -0.4 is 16.0 Å². The number of hydrogen-bond donors (Lipinski definition) is 3. The van der Waals surface area contributed by atoms with Crippen LogP contribution in [0.5, 0.6) is 0 Å². The number of pyridine rings is 1. The SMILES string of the molecule is CCNC(=O)Nc1nc2c(F)c(-c3cnc(N[C@@H](CC(=O)OCC)C(=O)OCC)nc3)cc(-c3ccccn3)c2s1. The molecule has 12 nitrogen and oxygen atoms in total. The van der Waals surface area contributed by atoms with Crippen molar-refractivity contribution in [3.8, 4) is 22.4 Å². The first-order valence-corrected chi connectivity index (χ1v) is 13.7. The number of benzene rings is 1. The molecule has 0 unspecified atom stereocenters. The van der Waals surface area contributed by atoms with Crippen LogP contribution in [0.4, 0.5) is 20.3 Å². The highest BCUT2D eigenvalue weighted by atomic mass is 32.1. The summed E-state index contributed by atoms with van der Waals surface area (Å²) in [5.74, 6) is -1.85. The number of carbonyl (C=O) groups excluding carboxylic acids is 3. The van der Waals surface area contributed by atoms with Gasteiger partial charge < -0.3 is 20.1 Å². The number of thiazole rings is 1. The summed E-state index contributed by atoms with van der Waals surface area (Å²) in [6.45, 7) is 5.80. The van der Waals surface area contributed by atoms with Gasteiger partial charge in [0.15, 0.2) is 10.9 Å². The summed E-state index contributed by atoms with van der Waals surface area (Å²) in [6, 6.07) is 5.47. The molecule has 0 aliphatic rings. The zero-order valence-corrected chi connectivity index (χ0v) is 23.4.